The van der Waals surface area contributed by atoms with Gasteiger partial charge in [0.05, 0.1) is 18.8 Å². The summed E-state index contributed by atoms with van der Waals surface area (Å²) in [6.07, 6.45) is -0.208. The fraction of sp³-hybridized carbons (Fsp3) is 0.625. The van der Waals surface area contributed by atoms with Crippen LogP contribution in [0, 0.1) is 0 Å². The van der Waals surface area contributed by atoms with Crippen LogP contribution >= 0.6 is 24.8 Å². The molecule has 1 fully saturated rings. The maximum atomic E-state index is 9.95. The number of ether oxygens (including phenoxy) is 1. The van der Waals surface area contributed by atoms with Crippen molar-refractivity contribution in [2.24, 2.45) is 0 Å². The fourth-order valence-electron chi connectivity index (χ4n) is 2.48. The zero-order valence-electron chi connectivity index (χ0n) is 13.4. The number of halogens is 2. The highest BCUT2D eigenvalue weighted by Gasteiger charge is 2.19. The molecule has 0 spiro atoms. The zero-order valence-corrected chi connectivity index (χ0v) is 15.0. The SMILES string of the molecule is CC(C)OCC(O)CN1CCN(c2ccccc2)CC1.Cl.Cl. The first-order chi connectivity index (χ1) is 9.65. The van der Waals surface area contributed by atoms with Crippen LogP contribution in [0.15, 0.2) is 30.3 Å². The van der Waals surface area contributed by atoms with E-state index in [4.69, 9.17) is 4.74 Å². The molecule has 1 aliphatic heterocycles. The monoisotopic (exact) mass is 350 g/mol. The molecule has 22 heavy (non-hydrogen) atoms. The molecule has 1 aromatic carbocycles. The lowest BCUT2D eigenvalue weighted by Gasteiger charge is -2.36. The number of hydrogen-bond acceptors (Lipinski definition) is 4. The molecule has 0 aliphatic carbocycles. The van der Waals surface area contributed by atoms with Crippen molar-refractivity contribution in [3.8, 4) is 0 Å². The van der Waals surface area contributed by atoms with Gasteiger partial charge < -0.3 is 14.7 Å². The van der Waals surface area contributed by atoms with Gasteiger partial charge in [-0.1, -0.05) is 18.2 Å². The average Bonchev–Trinajstić information content (AvgIpc) is 2.47. The normalized spacial score (nSPS) is 16.8. The first-order valence-electron chi connectivity index (χ1n) is 7.47. The van der Waals surface area contributed by atoms with Gasteiger partial charge in [0.15, 0.2) is 0 Å². The van der Waals surface area contributed by atoms with Crippen molar-refractivity contribution < 1.29 is 9.84 Å². The summed E-state index contributed by atoms with van der Waals surface area (Å²) in [4.78, 5) is 4.71. The van der Waals surface area contributed by atoms with Gasteiger partial charge in [0.1, 0.15) is 0 Å². The van der Waals surface area contributed by atoms with Gasteiger partial charge in [0.25, 0.3) is 0 Å². The fourth-order valence-corrected chi connectivity index (χ4v) is 2.48. The third-order valence-corrected chi connectivity index (χ3v) is 3.58. The third kappa shape index (κ3) is 7.16. The van der Waals surface area contributed by atoms with E-state index < -0.39 is 0 Å². The van der Waals surface area contributed by atoms with Crippen LogP contribution in [0.2, 0.25) is 0 Å². The molecule has 1 aliphatic rings. The maximum Gasteiger partial charge on any atom is 0.0900 e. The van der Waals surface area contributed by atoms with E-state index in [2.05, 4.69) is 34.1 Å². The first kappa shape index (κ1) is 21.5. The van der Waals surface area contributed by atoms with Gasteiger partial charge in [-0.05, 0) is 26.0 Å². The average molecular weight is 351 g/mol. The van der Waals surface area contributed by atoms with Crippen molar-refractivity contribution in [3.05, 3.63) is 30.3 Å². The molecular weight excluding hydrogens is 323 g/mol. The van der Waals surface area contributed by atoms with Crippen molar-refractivity contribution in [1.29, 1.82) is 0 Å². The van der Waals surface area contributed by atoms with E-state index >= 15 is 0 Å². The lowest BCUT2D eigenvalue weighted by atomic mass is 10.2. The highest BCUT2D eigenvalue weighted by atomic mass is 35.5. The molecule has 128 valence electrons. The molecule has 1 N–H and O–H groups in total. The number of benzene rings is 1. The van der Waals surface area contributed by atoms with Gasteiger partial charge in [0, 0.05) is 38.4 Å². The smallest absolute Gasteiger partial charge is 0.0900 e. The topological polar surface area (TPSA) is 35.9 Å². The minimum Gasteiger partial charge on any atom is -0.389 e. The van der Waals surface area contributed by atoms with E-state index in [1.165, 1.54) is 5.69 Å². The summed E-state index contributed by atoms with van der Waals surface area (Å²) < 4.78 is 5.45. The summed E-state index contributed by atoms with van der Waals surface area (Å²) in [5, 5.41) is 9.95. The number of aliphatic hydroxyl groups is 1. The standard InChI is InChI=1S/C16H26N2O2.2ClH/c1-14(2)20-13-16(19)12-17-8-10-18(11-9-17)15-6-4-3-5-7-15;;/h3-7,14,16,19H,8-13H2,1-2H3;2*1H. The molecule has 0 amide bonds. The van der Waals surface area contributed by atoms with Crippen LogP contribution in [-0.2, 0) is 4.74 Å². The summed E-state index contributed by atoms with van der Waals surface area (Å²) in [5.74, 6) is 0. The second-order valence-corrected chi connectivity index (χ2v) is 5.66. The predicted molar refractivity (Wildman–Crippen MR) is 96.7 cm³/mol. The number of β-amino-alcohol motifs (C(OH)–C–C–N with tert-alkyl or cyclic N) is 1. The second-order valence-electron chi connectivity index (χ2n) is 5.66. The van der Waals surface area contributed by atoms with Crippen LogP contribution in [0.1, 0.15) is 13.8 Å². The van der Waals surface area contributed by atoms with Crippen molar-refractivity contribution in [2.45, 2.75) is 26.1 Å². The summed E-state index contributed by atoms with van der Waals surface area (Å²) in [5.41, 5.74) is 1.29. The molecule has 6 heteroatoms. The van der Waals surface area contributed by atoms with E-state index in [1.54, 1.807) is 0 Å². The number of nitrogens with zero attached hydrogens (tertiary/aromatic N) is 2. The Bertz CT molecular complexity index is 385. The predicted octanol–water partition coefficient (Wildman–Crippen LogP) is 2.44. The number of para-hydroxylation sites is 1. The molecule has 0 saturated carbocycles. The van der Waals surface area contributed by atoms with Gasteiger partial charge in [-0.15, -0.1) is 24.8 Å². The molecule has 1 heterocycles. The lowest BCUT2D eigenvalue weighted by molar-refractivity contribution is -0.00899. The number of anilines is 1. The van der Waals surface area contributed by atoms with Gasteiger partial charge in [-0.25, -0.2) is 0 Å². The molecule has 4 nitrogen and oxygen atoms in total. The summed E-state index contributed by atoms with van der Waals surface area (Å²) in [7, 11) is 0. The third-order valence-electron chi connectivity index (χ3n) is 3.58. The Morgan fingerprint density at radius 3 is 2.18 bits per heavy atom. The van der Waals surface area contributed by atoms with Crippen LogP contribution in [0.4, 0.5) is 5.69 Å². The second kappa shape index (κ2) is 11.1. The van der Waals surface area contributed by atoms with E-state index in [1.807, 2.05) is 19.9 Å². The molecule has 1 unspecified atom stereocenters. The maximum absolute atomic E-state index is 9.95. The lowest BCUT2D eigenvalue weighted by Crippen LogP contribution is -2.49. The van der Waals surface area contributed by atoms with E-state index in [-0.39, 0.29) is 37.0 Å². The Morgan fingerprint density at radius 2 is 1.64 bits per heavy atom. The molecule has 0 radical (unpaired) electrons. The Balaban J connectivity index is 0.00000220. The van der Waals surface area contributed by atoms with Crippen molar-refractivity contribution in [2.75, 3.05) is 44.2 Å². The van der Waals surface area contributed by atoms with Crippen LogP contribution in [-0.4, -0.2) is 61.5 Å². The quantitative estimate of drug-likeness (QED) is 0.854. The largest absolute Gasteiger partial charge is 0.389 e. The first-order valence-corrected chi connectivity index (χ1v) is 7.47. The van der Waals surface area contributed by atoms with Gasteiger partial charge in [-0.2, -0.15) is 0 Å². The number of piperazine rings is 1. The van der Waals surface area contributed by atoms with Crippen LogP contribution in [0.5, 0.6) is 0 Å². The van der Waals surface area contributed by atoms with E-state index in [0.29, 0.717) is 13.2 Å². The molecule has 1 atom stereocenters. The zero-order chi connectivity index (χ0) is 14.4. The summed E-state index contributed by atoms with van der Waals surface area (Å²) >= 11 is 0. The number of hydrogen-bond donors (Lipinski definition) is 1. The number of rotatable bonds is 6. The van der Waals surface area contributed by atoms with Gasteiger partial charge in [0.2, 0.25) is 0 Å². The highest BCUT2D eigenvalue weighted by molar-refractivity contribution is 5.85. The highest BCUT2D eigenvalue weighted by Crippen LogP contribution is 2.15. The minimum atomic E-state index is -0.388. The van der Waals surface area contributed by atoms with Gasteiger partial charge in [-0.3, -0.25) is 4.90 Å². The minimum absolute atomic E-state index is 0. The van der Waals surface area contributed by atoms with Crippen molar-refractivity contribution in [3.63, 3.8) is 0 Å². The van der Waals surface area contributed by atoms with E-state index in [9.17, 15) is 5.11 Å². The summed E-state index contributed by atoms with van der Waals surface area (Å²) in [6.45, 7) is 9.13. The molecule has 2 rings (SSSR count). The van der Waals surface area contributed by atoms with Crippen LogP contribution < -0.4 is 4.90 Å². The van der Waals surface area contributed by atoms with Crippen LogP contribution in [0.3, 0.4) is 0 Å². The van der Waals surface area contributed by atoms with Crippen molar-refractivity contribution in [1.82, 2.24) is 4.90 Å². The molecule has 0 bridgehead atoms. The molecule has 0 aromatic heterocycles. The molecular formula is C16H28Cl2N2O2. The van der Waals surface area contributed by atoms with Crippen molar-refractivity contribution >= 4 is 30.5 Å². The van der Waals surface area contributed by atoms with E-state index in [0.717, 1.165) is 26.2 Å². The number of aliphatic hydroxyl groups excluding tert-OH is 1. The molecule has 1 aromatic rings. The summed E-state index contributed by atoms with van der Waals surface area (Å²) in [6, 6.07) is 10.5. The van der Waals surface area contributed by atoms with Crippen LogP contribution in [0.25, 0.3) is 0 Å². The Kier molecular flexibility index (Phi) is 10.8. The Hall–Kier alpha value is -0.520. The molecule has 1 saturated heterocycles. The Morgan fingerprint density at radius 1 is 1.05 bits per heavy atom. The Labute approximate surface area is 146 Å². The van der Waals surface area contributed by atoms with Gasteiger partial charge >= 0.3 is 0 Å².